The number of fused-ring (bicyclic) bond motifs is 1. The molecule has 0 radical (unpaired) electrons. The van der Waals surface area contributed by atoms with Gasteiger partial charge in [-0.1, -0.05) is 140 Å². The Kier molecular flexibility index (Phi) is 26.4. The molecule has 2 rings (SSSR count). The predicted molar refractivity (Wildman–Crippen MR) is 216 cm³/mol. The summed E-state index contributed by atoms with van der Waals surface area (Å²) in [5, 5.41) is 0. The van der Waals surface area contributed by atoms with E-state index in [-0.39, 0.29) is 11.9 Å². The Balaban J connectivity index is 1.62. The molecule has 1 unspecified atom stereocenters. The Bertz CT molecular complexity index is 824. The zero-order chi connectivity index (χ0) is 35.3. The van der Waals surface area contributed by atoms with Crippen LogP contribution in [-0.2, 0) is 9.47 Å². The molecule has 1 aliphatic heterocycles. The molecule has 4 atom stereocenters. The van der Waals surface area contributed by atoms with E-state index in [4.69, 9.17) is 9.47 Å². The standard InChI is InChI=1S/C46H83NO2/c1-6-8-10-12-14-16-18-20-22-24-26-28-30-32-34-36-40-46(48-44-39-38-43(45(44)49-46)42(3)47(4)5)41-37-35-33-31-29-27-25-23-21-19-17-15-13-11-9-7-2/h14-17,20-23,42-45H,6-13,18-19,24-41H2,1-5H3/b16-14-,17-15-,22-20-,23-21-/t42-,43?,44+,45-/m0/s1. The lowest BCUT2D eigenvalue weighted by atomic mass is 9.95. The van der Waals surface area contributed by atoms with E-state index < -0.39 is 0 Å². The van der Waals surface area contributed by atoms with Gasteiger partial charge in [-0.3, -0.25) is 0 Å². The topological polar surface area (TPSA) is 21.7 Å². The summed E-state index contributed by atoms with van der Waals surface area (Å²) in [6.07, 6.45) is 55.1. The van der Waals surface area contributed by atoms with Gasteiger partial charge in [0.1, 0.15) is 0 Å². The monoisotopic (exact) mass is 682 g/mol. The number of nitrogens with zero attached hydrogens (tertiary/aromatic N) is 1. The number of unbranched alkanes of at least 4 members (excludes halogenated alkanes) is 18. The van der Waals surface area contributed by atoms with Gasteiger partial charge in [-0.05, 0) is 111 Å². The van der Waals surface area contributed by atoms with Crippen LogP contribution in [0.4, 0.5) is 0 Å². The number of ether oxygens (including phenoxy) is 2. The van der Waals surface area contributed by atoms with E-state index in [1.807, 2.05) is 0 Å². The Labute approximate surface area is 306 Å². The highest BCUT2D eigenvalue weighted by Crippen LogP contribution is 2.47. The van der Waals surface area contributed by atoms with E-state index in [0.717, 1.165) is 25.7 Å². The van der Waals surface area contributed by atoms with Crippen molar-refractivity contribution in [2.45, 2.75) is 225 Å². The molecule has 1 aliphatic carbocycles. The summed E-state index contributed by atoms with van der Waals surface area (Å²) < 4.78 is 13.9. The lowest BCUT2D eigenvalue weighted by Crippen LogP contribution is -2.40. The van der Waals surface area contributed by atoms with Crippen molar-refractivity contribution in [3.63, 3.8) is 0 Å². The second-order valence-electron chi connectivity index (χ2n) is 15.8. The maximum absolute atomic E-state index is 7.03. The molecule has 0 amide bonds. The third-order valence-corrected chi connectivity index (χ3v) is 11.2. The predicted octanol–water partition coefficient (Wildman–Crippen LogP) is 14.2. The quantitative estimate of drug-likeness (QED) is 0.0521. The lowest BCUT2D eigenvalue weighted by Gasteiger charge is -2.33. The molecule has 0 N–H and O–H groups in total. The largest absolute Gasteiger partial charge is 0.344 e. The molecule has 0 aromatic rings. The van der Waals surface area contributed by atoms with Crippen molar-refractivity contribution in [2.24, 2.45) is 5.92 Å². The van der Waals surface area contributed by atoms with Gasteiger partial charge >= 0.3 is 0 Å². The van der Waals surface area contributed by atoms with Gasteiger partial charge in [0.05, 0.1) is 12.2 Å². The normalized spacial score (nSPS) is 21.5. The average molecular weight is 682 g/mol. The third-order valence-electron chi connectivity index (χ3n) is 11.2. The molecule has 2 fully saturated rings. The van der Waals surface area contributed by atoms with Gasteiger partial charge in [0.25, 0.3) is 0 Å². The van der Waals surface area contributed by atoms with Gasteiger partial charge in [-0.15, -0.1) is 0 Å². The molecule has 0 spiro atoms. The molecule has 1 saturated carbocycles. The van der Waals surface area contributed by atoms with Crippen LogP contribution in [0.1, 0.15) is 201 Å². The minimum atomic E-state index is -0.329. The lowest BCUT2D eigenvalue weighted by molar-refractivity contribution is -0.196. The highest BCUT2D eigenvalue weighted by atomic mass is 16.8. The van der Waals surface area contributed by atoms with Gasteiger partial charge in [-0.2, -0.15) is 0 Å². The summed E-state index contributed by atoms with van der Waals surface area (Å²) in [5.74, 6) is 0.262. The number of hydrogen-bond acceptors (Lipinski definition) is 3. The number of allylic oxidation sites excluding steroid dienone is 8. The summed E-state index contributed by atoms with van der Waals surface area (Å²) in [4.78, 5) is 2.38. The van der Waals surface area contributed by atoms with E-state index in [2.05, 4.69) is 88.4 Å². The second kappa shape index (κ2) is 29.4. The Morgan fingerprint density at radius 2 is 0.939 bits per heavy atom. The van der Waals surface area contributed by atoms with Crippen LogP contribution in [0.5, 0.6) is 0 Å². The Morgan fingerprint density at radius 1 is 0.531 bits per heavy atom. The maximum atomic E-state index is 7.03. The minimum absolute atomic E-state index is 0.284. The molecule has 0 aromatic heterocycles. The summed E-state index contributed by atoms with van der Waals surface area (Å²) >= 11 is 0. The van der Waals surface area contributed by atoms with Crippen LogP contribution < -0.4 is 0 Å². The van der Waals surface area contributed by atoms with Crippen molar-refractivity contribution in [1.29, 1.82) is 0 Å². The first kappa shape index (κ1) is 44.0. The number of hydrogen-bond donors (Lipinski definition) is 0. The molecule has 0 aromatic carbocycles. The summed E-state index contributed by atoms with van der Waals surface area (Å²) in [6, 6.07) is 0.540. The minimum Gasteiger partial charge on any atom is -0.344 e. The zero-order valence-corrected chi connectivity index (χ0v) is 33.5. The van der Waals surface area contributed by atoms with Gasteiger partial charge in [-0.25, -0.2) is 0 Å². The van der Waals surface area contributed by atoms with E-state index in [1.54, 1.807) is 0 Å². The Hall–Kier alpha value is -1.16. The van der Waals surface area contributed by atoms with Crippen molar-refractivity contribution in [2.75, 3.05) is 14.1 Å². The number of rotatable bonds is 32. The molecule has 3 nitrogen and oxygen atoms in total. The second-order valence-corrected chi connectivity index (χ2v) is 15.8. The first-order valence-electron chi connectivity index (χ1n) is 21.6. The van der Waals surface area contributed by atoms with Crippen molar-refractivity contribution < 1.29 is 9.47 Å². The van der Waals surface area contributed by atoms with Crippen LogP contribution in [0, 0.1) is 5.92 Å². The van der Waals surface area contributed by atoms with E-state index in [0.29, 0.717) is 18.1 Å². The molecule has 2 aliphatic rings. The van der Waals surface area contributed by atoms with Crippen molar-refractivity contribution >= 4 is 0 Å². The smallest absolute Gasteiger partial charge is 0.169 e. The fourth-order valence-electron chi connectivity index (χ4n) is 7.83. The third kappa shape index (κ3) is 20.5. The molecule has 3 heteroatoms. The van der Waals surface area contributed by atoms with Crippen LogP contribution in [0.25, 0.3) is 0 Å². The molecule has 0 bridgehead atoms. The Morgan fingerprint density at radius 3 is 1.37 bits per heavy atom. The van der Waals surface area contributed by atoms with E-state index in [9.17, 15) is 0 Å². The molecule has 284 valence electrons. The summed E-state index contributed by atoms with van der Waals surface area (Å²) in [7, 11) is 4.44. The molecular weight excluding hydrogens is 599 g/mol. The summed E-state index contributed by atoms with van der Waals surface area (Å²) in [6.45, 7) is 6.92. The highest BCUT2D eigenvalue weighted by Gasteiger charge is 2.53. The van der Waals surface area contributed by atoms with Crippen LogP contribution in [0.2, 0.25) is 0 Å². The summed E-state index contributed by atoms with van der Waals surface area (Å²) in [5.41, 5.74) is 0. The van der Waals surface area contributed by atoms with E-state index >= 15 is 0 Å². The van der Waals surface area contributed by atoms with Crippen LogP contribution in [0.3, 0.4) is 0 Å². The van der Waals surface area contributed by atoms with Crippen molar-refractivity contribution in [3.05, 3.63) is 48.6 Å². The molecule has 1 saturated heterocycles. The van der Waals surface area contributed by atoms with Crippen LogP contribution >= 0.6 is 0 Å². The molecule has 49 heavy (non-hydrogen) atoms. The fourth-order valence-corrected chi connectivity index (χ4v) is 7.83. The van der Waals surface area contributed by atoms with Crippen LogP contribution in [-0.4, -0.2) is 43.0 Å². The van der Waals surface area contributed by atoms with E-state index in [1.165, 1.54) is 154 Å². The van der Waals surface area contributed by atoms with Gasteiger partial charge < -0.3 is 14.4 Å². The SMILES string of the molecule is CCCCC/C=C\C/C=C\CCCCCCCCC1(CCCCCCCC/C=C\C/C=C\CCCCC)O[C@@H]2CCC([C@H](C)N(C)C)[C@@H]2O1. The zero-order valence-electron chi connectivity index (χ0n) is 33.5. The van der Waals surface area contributed by atoms with Crippen molar-refractivity contribution in [3.8, 4) is 0 Å². The first-order valence-corrected chi connectivity index (χ1v) is 21.6. The fraction of sp³-hybridized carbons (Fsp3) is 0.826. The average Bonchev–Trinajstić information content (AvgIpc) is 3.65. The van der Waals surface area contributed by atoms with Crippen LogP contribution in [0.15, 0.2) is 48.6 Å². The van der Waals surface area contributed by atoms with Gasteiger partial charge in [0, 0.05) is 24.8 Å². The maximum Gasteiger partial charge on any atom is 0.169 e. The molecular formula is C46H83NO2. The van der Waals surface area contributed by atoms with Gasteiger partial charge in [0.15, 0.2) is 5.79 Å². The highest BCUT2D eigenvalue weighted by molar-refractivity contribution is 4.98. The first-order chi connectivity index (χ1) is 24.0. The van der Waals surface area contributed by atoms with Crippen molar-refractivity contribution in [1.82, 2.24) is 4.90 Å². The molecule has 1 heterocycles. The van der Waals surface area contributed by atoms with Gasteiger partial charge in [0.2, 0.25) is 0 Å².